The zero-order valence-corrected chi connectivity index (χ0v) is 13.2. The Morgan fingerprint density at radius 3 is 2.81 bits per heavy atom. The average molecular weight is 287 g/mol. The number of benzene rings is 1. The first-order valence-corrected chi connectivity index (χ1v) is 7.89. The second-order valence-electron chi connectivity index (χ2n) is 6.44. The summed E-state index contributed by atoms with van der Waals surface area (Å²) in [5.41, 5.74) is 2.19. The van der Waals surface area contributed by atoms with Gasteiger partial charge in [0.05, 0.1) is 0 Å². The minimum atomic E-state index is -0.251. The van der Waals surface area contributed by atoms with Crippen LogP contribution in [-0.2, 0) is 4.79 Å². The molecule has 4 nitrogen and oxygen atoms in total. The van der Waals surface area contributed by atoms with Gasteiger partial charge in [-0.15, -0.1) is 0 Å². The molecular weight excluding hydrogens is 262 g/mol. The second-order valence-corrected chi connectivity index (χ2v) is 6.44. The minimum absolute atomic E-state index is 0.0326. The highest BCUT2D eigenvalue weighted by Crippen LogP contribution is 2.45. The highest BCUT2D eigenvalue weighted by Gasteiger charge is 2.59. The molecule has 114 valence electrons. The number of carbonyl (C=O) groups is 1. The maximum absolute atomic E-state index is 12.7. The third-order valence-electron chi connectivity index (χ3n) is 4.77. The van der Waals surface area contributed by atoms with Crippen LogP contribution in [-0.4, -0.2) is 47.9 Å². The van der Waals surface area contributed by atoms with E-state index in [4.69, 9.17) is 0 Å². The lowest BCUT2D eigenvalue weighted by Crippen LogP contribution is -2.37. The highest BCUT2D eigenvalue weighted by molar-refractivity contribution is 5.92. The summed E-state index contributed by atoms with van der Waals surface area (Å²) < 4.78 is 0. The van der Waals surface area contributed by atoms with Crippen molar-refractivity contribution in [3.05, 3.63) is 35.4 Å². The van der Waals surface area contributed by atoms with Crippen LogP contribution in [0.25, 0.3) is 0 Å². The molecule has 0 bridgehead atoms. The van der Waals surface area contributed by atoms with Crippen molar-refractivity contribution in [3.63, 3.8) is 0 Å². The van der Waals surface area contributed by atoms with Gasteiger partial charge in [0.1, 0.15) is 11.7 Å². The molecule has 0 aromatic heterocycles. The normalized spacial score (nSPS) is 23.3. The summed E-state index contributed by atoms with van der Waals surface area (Å²) in [5, 5.41) is 3.58. The SMILES string of the molecule is CCN(C)CCN1C(=O)C2(CC2)NC1c1cccc(C)c1. The fraction of sp³-hybridized carbons (Fsp3) is 0.588. The molecule has 21 heavy (non-hydrogen) atoms. The van der Waals surface area contributed by atoms with E-state index in [1.54, 1.807) is 0 Å². The standard InChI is InChI=1S/C17H25N3O/c1-4-19(3)10-11-20-15(14-7-5-6-13(2)12-14)18-17(8-9-17)16(20)21/h5-7,12,15,18H,4,8-11H2,1-3H3. The highest BCUT2D eigenvalue weighted by atomic mass is 16.2. The molecule has 4 heteroatoms. The number of rotatable bonds is 5. The van der Waals surface area contributed by atoms with Gasteiger partial charge in [-0.2, -0.15) is 0 Å². The van der Waals surface area contributed by atoms with E-state index >= 15 is 0 Å². The van der Waals surface area contributed by atoms with Crippen LogP contribution in [0.15, 0.2) is 24.3 Å². The van der Waals surface area contributed by atoms with Crippen LogP contribution in [0.1, 0.15) is 37.1 Å². The lowest BCUT2D eigenvalue weighted by Gasteiger charge is -2.27. The summed E-state index contributed by atoms with van der Waals surface area (Å²) in [5.74, 6) is 0.290. The first-order valence-electron chi connectivity index (χ1n) is 7.89. The van der Waals surface area contributed by atoms with Gasteiger partial charge < -0.3 is 9.80 Å². The monoisotopic (exact) mass is 287 g/mol. The van der Waals surface area contributed by atoms with Crippen molar-refractivity contribution in [1.29, 1.82) is 0 Å². The topological polar surface area (TPSA) is 35.6 Å². The van der Waals surface area contributed by atoms with Gasteiger partial charge in [-0.25, -0.2) is 0 Å². The molecule has 1 heterocycles. The number of hydrogen-bond donors (Lipinski definition) is 1. The molecule has 1 atom stereocenters. The number of amides is 1. The largest absolute Gasteiger partial charge is 0.320 e. The van der Waals surface area contributed by atoms with Crippen LogP contribution in [0.4, 0.5) is 0 Å². The molecule has 3 rings (SSSR count). The first kappa shape index (κ1) is 14.5. The van der Waals surface area contributed by atoms with Crippen molar-refractivity contribution < 1.29 is 4.79 Å². The molecule has 1 spiro atoms. The Hall–Kier alpha value is -1.39. The Balaban J connectivity index is 1.81. The molecule has 1 amide bonds. The predicted octanol–water partition coefficient (Wildman–Crippen LogP) is 1.91. The molecule has 1 saturated heterocycles. The number of carbonyl (C=O) groups excluding carboxylic acids is 1. The van der Waals surface area contributed by atoms with Crippen LogP contribution in [0.2, 0.25) is 0 Å². The third kappa shape index (κ3) is 2.70. The zero-order valence-electron chi connectivity index (χ0n) is 13.2. The van der Waals surface area contributed by atoms with E-state index in [9.17, 15) is 4.79 Å². The lowest BCUT2D eigenvalue weighted by atomic mass is 10.1. The van der Waals surface area contributed by atoms with E-state index in [1.807, 2.05) is 4.90 Å². The molecule has 2 fully saturated rings. The molecule has 1 unspecified atom stereocenters. The third-order valence-corrected chi connectivity index (χ3v) is 4.77. The van der Waals surface area contributed by atoms with Crippen molar-refractivity contribution in [3.8, 4) is 0 Å². The van der Waals surface area contributed by atoms with Gasteiger partial charge in [0.2, 0.25) is 5.91 Å². The smallest absolute Gasteiger partial charge is 0.244 e. The molecule has 1 saturated carbocycles. The summed E-state index contributed by atoms with van der Waals surface area (Å²) in [6, 6.07) is 8.48. The fourth-order valence-corrected chi connectivity index (χ4v) is 3.05. The van der Waals surface area contributed by atoms with Crippen LogP contribution in [0, 0.1) is 6.92 Å². The van der Waals surface area contributed by atoms with Gasteiger partial charge >= 0.3 is 0 Å². The number of likely N-dealkylation sites (N-methyl/N-ethyl adjacent to an activating group) is 1. The summed E-state index contributed by atoms with van der Waals surface area (Å²) in [7, 11) is 2.10. The number of nitrogens with one attached hydrogen (secondary N) is 1. The van der Waals surface area contributed by atoms with Crippen molar-refractivity contribution in [2.24, 2.45) is 0 Å². The van der Waals surface area contributed by atoms with E-state index in [-0.39, 0.29) is 11.7 Å². The van der Waals surface area contributed by atoms with Crippen molar-refractivity contribution in [2.45, 2.75) is 38.4 Å². The van der Waals surface area contributed by atoms with E-state index in [0.29, 0.717) is 5.91 Å². The van der Waals surface area contributed by atoms with Gasteiger partial charge in [-0.1, -0.05) is 36.8 Å². The molecule has 1 aromatic rings. The molecule has 1 aliphatic carbocycles. The van der Waals surface area contributed by atoms with Crippen molar-refractivity contribution in [1.82, 2.24) is 15.1 Å². The Morgan fingerprint density at radius 1 is 1.43 bits per heavy atom. The number of hydrogen-bond acceptors (Lipinski definition) is 3. The average Bonchev–Trinajstić information content (AvgIpc) is 3.20. The molecule has 1 aliphatic heterocycles. The summed E-state index contributed by atoms with van der Waals surface area (Å²) in [6.07, 6.45) is 1.99. The van der Waals surface area contributed by atoms with E-state index in [2.05, 4.69) is 55.4 Å². The molecular formula is C17H25N3O. The van der Waals surface area contributed by atoms with Crippen molar-refractivity contribution >= 4 is 5.91 Å². The summed E-state index contributed by atoms with van der Waals surface area (Å²) in [4.78, 5) is 17.0. The maximum Gasteiger partial charge on any atom is 0.244 e. The summed E-state index contributed by atoms with van der Waals surface area (Å²) >= 11 is 0. The van der Waals surface area contributed by atoms with Crippen molar-refractivity contribution in [2.75, 3.05) is 26.7 Å². The van der Waals surface area contributed by atoms with Crippen LogP contribution >= 0.6 is 0 Å². The predicted molar refractivity (Wildman–Crippen MR) is 83.9 cm³/mol. The molecule has 1 N–H and O–H groups in total. The first-order chi connectivity index (χ1) is 10.1. The summed E-state index contributed by atoms with van der Waals surface area (Å²) in [6.45, 7) is 6.96. The van der Waals surface area contributed by atoms with E-state index in [0.717, 1.165) is 32.5 Å². The maximum atomic E-state index is 12.7. The Kier molecular flexibility index (Phi) is 3.76. The van der Waals surface area contributed by atoms with Gasteiger partial charge in [0.25, 0.3) is 0 Å². The Bertz CT molecular complexity index is 539. The fourth-order valence-electron chi connectivity index (χ4n) is 3.05. The van der Waals surface area contributed by atoms with Crippen LogP contribution in [0.3, 0.4) is 0 Å². The van der Waals surface area contributed by atoms with Crippen LogP contribution < -0.4 is 5.32 Å². The molecule has 0 radical (unpaired) electrons. The lowest BCUT2D eigenvalue weighted by molar-refractivity contribution is -0.131. The quantitative estimate of drug-likeness (QED) is 0.898. The van der Waals surface area contributed by atoms with Gasteiger partial charge in [0.15, 0.2) is 0 Å². The zero-order chi connectivity index (χ0) is 15.0. The second kappa shape index (κ2) is 5.43. The molecule has 2 aliphatic rings. The number of aryl methyl sites for hydroxylation is 1. The number of nitrogens with zero attached hydrogens (tertiary/aromatic N) is 2. The Labute approximate surface area is 127 Å². The Morgan fingerprint density at radius 2 is 2.19 bits per heavy atom. The molecule has 1 aromatic carbocycles. The van der Waals surface area contributed by atoms with E-state index < -0.39 is 0 Å². The minimum Gasteiger partial charge on any atom is -0.320 e. The van der Waals surface area contributed by atoms with Gasteiger partial charge in [-0.05, 0) is 38.9 Å². The van der Waals surface area contributed by atoms with Gasteiger partial charge in [0, 0.05) is 13.1 Å². The van der Waals surface area contributed by atoms with E-state index in [1.165, 1.54) is 11.1 Å². The van der Waals surface area contributed by atoms with Gasteiger partial charge in [-0.3, -0.25) is 10.1 Å². The van der Waals surface area contributed by atoms with Crippen LogP contribution in [0.5, 0.6) is 0 Å².